The molecule has 0 saturated heterocycles. The predicted octanol–water partition coefficient (Wildman–Crippen LogP) is 4.40. The minimum atomic E-state index is -0.266. The van der Waals surface area contributed by atoms with Crippen molar-refractivity contribution in [3.05, 3.63) is 56.7 Å². The lowest BCUT2D eigenvalue weighted by atomic mass is 10.2. The highest BCUT2D eigenvalue weighted by Gasteiger charge is 2.07. The molecule has 0 fully saturated rings. The van der Waals surface area contributed by atoms with Gasteiger partial charge in [0.2, 0.25) is 0 Å². The Kier molecular flexibility index (Phi) is 4.22. The van der Waals surface area contributed by atoms with Crippen LogP contribution in [0.1, 0.15) is 10.4 Å². The first-order chi connectivity index (χ1) is 8.56. The Balaban J connectivity index is 2.16. The largest absolute Gasteiger partial charge is 0.322 e. The van der Waals surface area contributed by atoms with E-state index < -0.39 is 0 Å². The van der Waals surface area contributed by atoms with Crippen molar-refractivity contribution >= 4 is 50.7 Å². The van der Waals surface area contributed by atoms with Gasteiger partial charge in [0.1, 0.15) is 5.15 Å². The molecule has 1 aromatic carbocycles. The van der Waals surface area contributed by atoms with E-state index in [1.165, 1.54) is 6.20 Å². The average molecular weight is 346 g/mol. The summed E-state index contributed by atoms with van der Waals surface area (Å²) >= 11 is 14.9. The third-order valence-electron chi connectivity index (χ3n) is 2.17. The van der Waals surface area contributed by atoms with Crippen molar-refractivity contribution in [1.82, 2.24) is 4.98 Å². The molecule has 1 aromatic heterocycles. The van der Waals surface area contributed by atoms with Gasteiger partial charge in [-0.25, -0.2) is 4.98 Å². The van der Waals surface area contributed by atoms with E-state index in [-0.39, 0.29) is 5.91 Å². The molecule has 0 radical (unpaired) electrons. The molecule has 0 saturated carbocycles. The SMILES string of the molecule is O=C(Nc1ccc(Br)c(Cl)c1)c1ccc(Cl)nc1. The summed E-state index contributed by atoms with van der Waals surface area (Å²) in [6.07, 6.45) is 1.41. The molecule has 2 aromatic rings. The van der Waals surface area contributed by atoms with Crippen LogP contribution in [0.4, 0.5) is 5.69 Å². The summed E-state index contributed by atoms with van der Waals surface area (Å²) in [6, 6.07) is 8.33. The number of aromatic nitrogens is 1. The smallest absolute Gasteiger partial charge is 0.257 e. The zero-order chi connectivity index (χ0) is 13.1. The lowest BCUT2D eigenvalue weighted by Gasteiger charge is -2.06. The van der Waals surface area contributed by atoms with Gasteiger partial charge in [-0.15, -0.1) is 0 Å². The first-order valence-electron chi connectivity index (χ1n) is 4.94. The quantitative estimate of drug-likeness (QED) is 0.819. The van der Waals surface area contributed by atoms with Gasteiger partial charge in [-0.2, -0.15) is 0 Å². The van der Waals surface area contributed by atoms with Crippen LogP contribution in [-0.4, -0.2) is 10.9 Å². The fraction of sp³-hybridized carbons (Fsp3) is 0. The first-order valence-corrected chi connectivity index (χ1v) is 6.49. The molecule has 92 valence electrons. The molecule has 1 N–H and O–H groups in total. The molecule has 0 bridgehead atoms. The number of rotatable bonds is 2. The van der Waals surface area contributed by atoms with Crippen molar-refractivity contribution in [3.63, 3.8) is 0 Å². The van der Waals surface area contributed by atoms with Gasteiger partial charge in [0.15, 0.2) is 0 Å². The molecule has 1 heterocycles. The van der Waals surface area contributed by atoms with Gasteiger partial charge >= 0.3 is 0 Å². The van der Waals surface area contributed by atoms with Crippen LogP contribution in [0.25, 0.3) is 0 Å². The summed E-state index contributed by atoms with van der Waals surface area (Å²) < 4.78 is 0.773. The van der Waals surface area contributed by atoms with E-state index >= 15 is 0 Å². The lowest BCUT2D eigenvalue weighted by molar-refractivity contribution is 0.102. The summed E-state index contributed by atoms with van der Waals surface area (Å²) in [5.74, 6) is -0.266. The maximum absolute atomic E-state index is 11.9. The van der Waals surface area contributed by atoms with Crippen LogP contribution in [0, 0.1) is 0 Å². The van der Waals surface area contributed by atoms with Crippen molar-refractivity contribution in [2.45, 2.75) is 0 Å². The van der Waals surface area contributed by atoms with Crippen molar-refractivity contribution in [2.75, 3.05) is 5.32 Å². The Morgan fingerprint density at radius 2 is 2.00 bits per heavy atom. The summed E-state index contributed by atoms with van der Waals surface area (Å²) in [6.45, 7) is 0. The summed E-state index contributed by atoms with van der Waals surface area (Å²) in [5.41, 5.74) is 1.04. The Hall–Kier alpha value is -1.10. The zero-order valence-corrected chi connectivity index (χ0v) is 12.1. The van der Waals surface area contributed by atoms with Crippen molar-refractivity contribution in [2.24, 2.45) is 0 Å². The molecule has 3 nitrogen and oxygen atoms in total. The standard InChI is InChI=1S/C12H7BrCl2N2O/c13-9-3-2-8(5-10(9)14)17-12(18)7-1-4-11(15)16-6-7/h1-6H,(H,17,18). The van der Waals surface area contributed by atoms with Crippen LogP contribution in [0.2, 0.25) is 10.2 Å². The molecule has 0 atom stereocenters. The number of pyridine rings is 1. The van der Waals surface area contributed by atoms with Crippen molar-refractivity contribution < 1.29 is 4.79 Å². The number of benzene rings is 1. The number of hydrogen-bond acceptors (Lipinski definition) is 2. The molecule has 0 aliphatic heterocycles. The topological polar surface area (TPSA) is 42.0 Å². The second-order valence-electron chi connectivity index (χ2n) is 3.45. The van der Waals surface area contributed by atoms with Gasteiger partial charge in [-0.3, -0.25) is 4.79 Å². The fourth-order valence-electron chi connectivity index (χ4n) is 1.29. The maximum Gasteiger partial charge on any atom is 0.257 e. The third kappa shape index (κ3) is 3.22. The van der Waals surface area contributed by atoms with Crippen LogP contribution in [0.15, 0.2) is 41.0 Å². The van der Waals surface area contributed by atoms with E-state index in [2.05, 4.69) is 26.2 Å². The average Bonchev–Trinajstić information content (AvgIpc) is 2.34. The molecule has 2 rings (SSSR count). The Morgan fingerprint density at radius 3 is 2.61 bits per heavy atom. The van der Waals surface area contributed by atoms with E-state index in [0.717, 1.165) is 4.47 Å². The fourth-order valence-corrected chi connectivity index (χ4v) is 1.83. The molecule has 0 aliphatic rings. The van der Waals surface area contributed by atoms with E-state index in [4.69, 9.17) is 23.2 Å². The second kappa shape index (κ2) is 5.69. The van der Waals surface area contributed by atoms with Crippen LogP contribution < -0.4 is 5.32 Å². The molecular weight excluding hydrogens is 339 g/mol. The number of hydrogen-bond donors (Lipinski definition) is 1. The van der Waals surface area contributed by atoms with Crippen molar-refractivity contribution in [3.8, 4) is 0 Å². The summed E-state index contributed by atoms with van der Waals surface area (Å²) in [7, 11) is 0. The first kappa shape index (κ1) is 13.3. The number of nitrogens with zero attached hydrogens (tertiary/aromatic N) is 1. The second-order valence-corrected chi connectivity index (χ2v) is 5.10. The number of nitrogens with one attached hydrogen (secondary N) is 1. The lowest BCUT2D eigenvalue weighted by Crippen LogP contribution is -2.12. The number of amides is 1. The highest BCUT2D eigenvalue weighted by Crippen LogP contribution is 2.25. The Bertz CT molecular complexity index is 587. The van der Waals surface area contributed by atoms with E-state index in [9.17, 15) is 4.79 Å². The van der Waals surface area contributed by atoms with Gasteiger partial charge in [0, 0.05) is 16.4 Å². The Labute approximate surface area is 122 Å². The van der Waals surface area contributed by atoms with Crippen LogP contribution in [-0.2, 0) is 0 Å². The zero-order valence-electron chi connectivity index (χ0n) is 8.95. The minimum Gasteiger partial charge on any atom is -0.322 e. The van der Waals surface area contributed by atoms with E-state index in [1.54, 1.807) is 30.3 Å². The number of anilines is 1. The van der Waals surface area contributed by atoms with Gasteiger partial charge in [-0.05, 0) is 46.3 Å². The summed E-state index contributed by atoms with van der Waals surface area (Å²) in [4.78, 5) is 15.7. The van der Waals surface area contributed by atoms with Crippen LogP contribution in [0.5, 0.6) is 0 Å². The summed E-state index contributed by atoms with van der Waals surface area (Å²) in [5, 5.41) is 3.59. The van der Waals surface area contributed by atoms with Gasteiger partial charge in [0.25, 0.3) is 5.91 Å². The molecule has 18 heavy (non-hydrogen) atoms. The molecule has 6 heteroatoms. The van der Waals surface area contributed by atoms with E-state index in [0.29, 0.717) is 21.4 Å². The third-order valence-corrected chi connectivity index (χ3v) is 3.62. The van der Waals surface area contributed by atoms with Crippen LogP contribution >= 0.6 is 39.1 Å². The monoisotopic (exact) mass is 344 g/mol. The molecule has 1 amide bonds. The van der Waals surface area contributed by atoms with Crippen molar-refractivity contribution in [1.29, 1.82) is 0 Å². The maximum atomic E-state index is 11.9. The minimum absolute atomic E-state index is 0.266. The Morgan fingerprint density at radius 1 is 1.22 bits per heavy atom. The molecule has 0 unspecified atom stereocenters. The number of carbonyl (C=O) groups is 1. The van der Waals surface area contributed by atoms with E-state index in [1.807, 2.05) is 0 Å². The number of halogens is 3. The number of carbonyl (C=O) groups excluding carboxylic acids is 1. The van der Waals surface area contributed by atoms with Gasteiger partial charge < -0.3 is 5.32 Å². The normalized spacial score (nSPS) is 10.2. The predicted molar refractivity (Wildman–Crippen MR) is 76.4 cm³/mol. The molecular formula is C12H7BrCl2N2O. The highest BCUT2D eigenvalue weighted by atomic mass is 79.9. The van der Waals surface area contributed by atoms with Crippen LogP contribution in [0.3, 0.4) is 0 Å². The molecule has 0 spiro atoms. The van der Waals surface area contributed by atoms with Gasteiger partial charge in [0.05, 0.1) is 10.6 Å². The highest BCUT2D eigenvalue weighted by molar-refractivity contribution is 9.10. The van der Waals surface area contributed by atoms with Gasteiger partial charge in [-0.1, -0.05) is 23.2 Å². The molecule has 0 aliphatic carbocycles.